The van der Waals surface area contributed by atoms with Crippen molar-refractivity contribution in [3.05, 3.63) is 81.3 Å². The molecular weight excluding hydrogens is 514 g/mol. The Kier molecular flexibility index (Phi) is 8.35. The molecule has 0 aliphatic carbocycles. The highest BCUT2D eigenvalue weighted by Gasteiger charge is 2.15. The lowest BCUT2D eigenvalue weighted by atomic mass is 10.1. The van der Waals surface area contributed by atoms with Gasteiger partial charge in [0, 0.05) is 31.4 Å². The zero-order valence-corrected chi connectivity index (χ0v) is 20.4. The lowest BCUT2D eigenvalue weighted by molar-refractivity contribution is -0.384. The zero-order chi connectivity index (χ0) is 24.9. The van der Waals surface area contributed by atoms with Crippen molar-refractivity contribution < 1.29 is 13.7 Å². The number of benzene rings is 2. The molecule has 0 amide bonds. The molecule has 0 bridgehead atoms. The predicted octanol–water partition coefficient (Wildman–Crippen LogP) is 5.51. The van der Waals surface area contributed by atoms with Crippen molar-refractivity contribution in [1.29, 1.82) is 0 Å². The molecular formula is C22H19Cl2FN8O3. The molecule has 0 saturated heterocycles. The van der Waals surface area contributed by atoms with Crippen LogP contribution in [0.5, 0.6) is 0 Å². The first-order valence-corrected chi connectivity index (χ1v) is 10.5. The first-order valence-electron chi connectivity index (χ1n) is 10.1. The Morgan fingerprint density at radius 2 is 1.81 bits per heavy atom. The second-order valence-electron chi connectivity index (χ2n) is 7.30. The highest BCUT2D eigenvalue weighted by atomic mass is 35.5. The van der Waals surface area contributed by atoms with Crippen LogP contribution in [0.15, 0.2) is 64.1 Å². The van der Waals surface area contributed by atoms with Crippen LogP contribution in [0.3, 0.4) is 0 Å². The Hall–Kier alpha value is -4.29. The van der Waals surface area contributed by atoms with Gasteiger partial charge in [-0.25, -0.2) is 9.82 Å². The van der Waals surface area contributed by atoms with Crippen LogP contribution < -0.4 is 15.6 Å². The van der Waals surface area contributed by atoms with E-state index in [1.54, 1.807) is 49.3 Å². The van der Waals surface area contributed by atoms with E-state index in [0.717, 1.165) is 0 Å². The molecule has 11 nitrogen and oxygen atoms in total. The van der Waals surface area contributed by atoms with Crippen molar-refractivity contribution in [2.45, 2.75) is 0 Å². The maximum atomic E-state index is 13.2. The van der Waals surface area contributed by atoms with E-state index in [0.29, 0.717) is 28.7 Å². The van der Waals surface area contributed by atoms with Gasteiger partial charge in [0.15, 0.2) is 0 Å². The summed E-state index contributed by atoms with van der Waals surface area (Å²) in [6.07, 6.45) is 1.40. The van der Waals surface area contributed by atoms with E-state index >= 15 is 0 Å². The number of hydrogen-bond acceptors (Lipinski definition) is 10. The maximum absolute atomic E-state index is 13.2. The van der Waals surface area contributed by atoms with Crippen LogP contribution in [0, 0.1) is 15.9 Å². The summed E-state index contributed by atoms with van der Waals surface area (Å²) in [4.78, 5) is 25.1. The fourth-order valence-corrected chi connectivity index (χ4v) is 3.06. The van der Waals surface area contributed by atoms with Gasteiger partial charge in [-0.3, -0.25) is 10.1 Å². The van der Waals surface area contributed by atoms with Gasteiger partial charge in [0.05, 0.1) is 11.1 Å². The van der Waals surface area contributed by atoms with Crippen molar-refractivity contribution in [3.8, 4) is 11.3 Å². The molecule has 186 valence electrons. The van der Waals surface area contributed by atoms with E-state index in [9.17, 15) is 14.5 Å². The van der Waals surface area contributed by atoms with E-state index in [4.69, 9.17) is 16.0 Å². The van der Waals surface area contributed by atoms with Crippen LogP contribution in [0.1, 0.15) is 5.76 Å². The maximum Gasteiger partial charge on any atom is 0.288 e. The Bertz CT molecular complexity index is 1400. The molecule has 14 heteroatoms. The number of halogens is 3. The highest BCUT2D eigenvalue weighted by molar-refractivity contribution is 6.32. The molecule has 2 aromatic carbocycles. The predicted molar refractivity (Wildman–Crippen MR) is 138 cm³/mol. The van der Waals surface area contributed by atoms with Crippen LogP contribution in [0.25, 0.3) is 11.3 Å². The van der Waals surface area contributed by atoms with E-state index in [2.05, 4.69) is 30.8 Å². The van der Waals surface area contributed by atoms with Crippen molar-refractivity contribution in [1.82, 2.24) is 15.0 Å². The lowest BCUT2D eigenvalue weighted by Gasteiger charge is -2.13. The second-order valence-corrected chi connectivity index (χ2v) is 7.71. The molecule has 36 heavy (non-hydrogen) atoms. The lowest BCUT2D eigenvalue weighted by Crippen LogP contribution is -2.15. The number of nitrogens with zero attached hydrogens (tertiary/aromatic N) is 6. The van der Waals surface area contributed by atoms with Crippen LogP contribution >= 0.6 is 24.0 Å². The highest BCUT2D eigenvalue weighted by Crippen LogP contribution is 2.31. The summed E-state index contributed by atoms with van der Waals surface area (Å²) in [6.45, 7) is 0. The molecule has 0 saturated carbocycles. The smallest absolute Gasteiger partial charge is 0.288 e. The topological polar surface area (TPSA) is 135 Å². The largest absolute Gasteiger partial charge is 0.455 e. The molecule has 0 unspecified atom stereocenters. The SMILES string of the molecule is CN(C)c1nc(N/N=C\c2ccc(-c3ccc(Cl)c([N+](=O)[O-])c3)o2)nc(Nc2ccc(F)cc2)n1.Cl. The quantitative estimate of drug-likeness (QED) is 0.171. The number of hydrogen-bond donors (Lipinski definition) is 2. The van der Waals surface area contributed by atoms with Gasteiger partial charge in [0.1, 0.15) is 22.4 Å². The number of nitrogens with one attached hydrogen (secondary N) is 2. The van der Waals surface area contributed by atoms with Gasteiger partial charge in [-0.15, -0.1) is 12.4 Å². The van der Waals surface area contributed by atoms with Crippen molar-refractivity contribution in [2.24, 2.45) is 5.10 Å². The summed E-state index contributed by atoms with van der Waals surface area (Å²) in [7, 11) is 3.55. The number of anilines is 4. The third kappa shape index (κ3) is 6.43. The average molecular weight is 533 g/mol. The first kappa shape index (κ1) is 26.3. The second kappa shape index (κ2) is 11.4. The fraction of sp³-hybridized carbons (Fsp3) is 0.0909. The summed E-state index contributed by atoms with van der Waals surface area (Å²) in [6, 6.07) is 13.5. The number of aromatic nitrogens is 3. The van der Waals surface area contributed by atoms with E-state index in [-0.39, 0.29) is 40.8 Å². The van der Waals surface area contributed by atoms with E-state index in [1.807, 2.05) is 0 Å². The van der Waals surface area contributed by atoms with Gasteiger partial charge < -0.3 is 14.6 Å². The third-order valence-corrected chi connectivity index (χ3v) is 4.85. The normalized spacial score (nSPS) is 10.7. The number of rotatable bonds is 8. The van der Waals surface area contributed by atoms with Gasteiger partial charge in [-0.2, -0.15) is 20.1 Å². The summed E-state index contributed by atoms with van der Waals surface area (Å²) in [5.74, 6) is 1.20. The molecule has 0 atom stereocenters. The molecule has 2 heterocycles. The van der Waals surface area contributed by atoms with Gasteiger partial charge in [-0.1, -0.05) is 11.6 Å². The molecule has 4 rings (SSSR count). The summed E-state index contributed by atoms with van der Waals surface area (Å²) < 4.78 is 18.9. The minimum atomic E-state index is -0.559. The van der Waals surface area contributed by atoms with Crippen LogP contribution in [0.4, 0.5) is 33.6 Å². The van der Waals surface area contributed by atoms with Crippen LogP contribution in [-0.2, 0) is 0 Å². The third-order valence-electron chi connectivity index (χ3n) is 4.53. The number of nitro groups is 1. The van der Waals surface area contributed by atoms with Crippen LogP contribution in [0.2, 0.25) is 5.02 Å². The monoisotopic (exact) mass is 532 g/mol. The van der Waals surface area contributed by atoms with Gasteiger partial charge in [-0.05, 0) is 48.5 Å². The summed E-state index contributed by atoms with van der Waals surface area (Å²) in [5, 5.41) is 18.2. The summed E-state index contributed by atoms with van der Waals surface area (Å²) >= 11 is 5.86. The molecule has 0 fully saturated rings. The van der Waals surface area contributed by atoms with Crippen molar-refractivity contribution in [3.63, 3.8) is 0 Å². The molecule has 0 radical (unpaired) electrons. The minimum absolute atomic E-state index is 0. The Balaban J connectivity index is 0.00000361. The molecule has 0 aliphatic heterocycles. The van der Waals surface area contributed by atoms with Crippen molar-refractivity contribution in [2.75, 3.05) is 29.7 Å². The standard InChI is InChI=1S/C22H18ClFN8O3.ClH/c1-31(2)22-28-20(26-15-6-4-14(24)5-7-15)27-21(29-22)30-25-12-16-8-10-19(35-16)13-3-9-17(23)18(11-13)32(33)34;/h3-12H,1-2H3,(H2,26,27,28,29,30);1H/b25-12-;. The number of furan rings is 1. The first-order chi connectivity index (χ1) is 16.8. The van der Waals surface area contributed by atoms with Gasteiger partial charge >= 0.3 is 0 Å². The minimum Gasteiger partial charge on any atom is -0.455 e. The van der Waals surface area contributed by atoms with Crippen LogP contribution in [-0.4, -0.2) is 40.2 Å². The molecule has 0 spiro atoms. The Morgan fingerprint density at radius 3 is 2.50 bits per heavy atom. The van der Waals surface area contributed by atoms with Crippen molar-refractivity contribution >= 4 is 59.4 Å². The fourth-order valence-electron chi connectivity index (χ4n) is 2.87. The molecule has 4 aromatic rings. The molecule has 2 aromatic heterocycles. The van der Waals surface area contributed by atoms with Gasteiger partial charge in [0.2, 0.25) is 17.8 Å². The zero-order valence-electron chi connectivity index (χ0n) is 18.8. The van der Waals surface area contributed by atoms with Gasteiger partial charge in [0.25, 0.3) is 5.69 Å². The Labute approximate surface area is 215 Å². The number of hydrazone groups is 1. The van der Waals surface area contributed by atoms with E-state index in [1.165, 1.54) is 30.5 Å². The average Bonchev–Trinajstić information content (AvgIpc) is 3.29. The number of nitro benzene ring substituents is 1. The molecule has 2 N–H and O–H groups in total. The van der Waals surface area contributed by atoms with E-state index < -0.39 is 4.92 Å². The summed E-state index contributed by atoms with van der Waals surface area (Å²) in [5.41, 5.74) is 3.60. The molecule has 0 aliphatic rings. The Morgan fingerprint density at radius 1 is 1.08 bits per heavy atom.